The first-order valence-electron chi connectivity index (χ1n) is 11.2. The Labute approximate surface area is 206 Å². The van der Waals surface area contributed by atoms with Gasteiger partial charge in [-0.15, -0.1) is 11.8 Å². The highest BCUT2D eigenvalue weighted by Gasteiger charge is 2.30. The van der Waals surface area contributed by atoms with Crippen LogP contribution in [0.4, 0.5) is 13.2 Å². The fourth-order valence-corrected chi connectivity index (χ4v) is 4.58. The van der Waals surface area contributed by atoms with Crippen LogP contribution in [-0.2, 0) is 25.7 Å². The van der Waals surface area contributed by atoms with Gasteiger partial charge in [0.2, 0.25) is 0 Å². The molecule has 0 unspecified atom stereocenters. The number of halogens is 3. The Kier molecular flexibility index (Phi) is 6.58. The van der Waals surface area contributed by atoms with E-state index in [1.165, 1.54) is 17.0 Å². The Bertz CT molecular complexity index is 1320. The van der Waals surface area contributed by atoms with Gasteiger partial charge in [0.25, 0.3) is 0 Å². The maximum atomic E-state index is 12.8. The van der Waals surface area contributed by atoms with E-state index in [9.17, 15) is 13.2 Å². The lowest BCUT2D eigenvalue weighted by molar-refractivity contribution is -0.137. The van der Waals surface area contributed by atoms with Gasteiger partial charge >= 0.3 is 6.18 Å². The van der Waals surface area contributed by atoms with Crippen LogP contribution in [0.15, 0.2) is 77.8 Å². The molecule has 3 heterocycles. The molecular weight excluding hydrogens is 469 g/mol. The fraction of sp³-hybridized carbons (Fsp3) is 0.222. The minimum absolute atomic E-state index is 0.452. The highest BCUT2D eigenvalue weighted by Crippen LogP contribution is 2.31. The van der Waals surface area contributed by atoms with E-state index >= 15 is 0 Å². The second-order valence-electron chi connectivity index (χ2n) is 8.44. The number of aromatic nitrogens is 3. The standard InChI is InChI=1S/C27H23F3N4S/c1-35-23-11-7-18(8-12-23)24-4-2-3-22(32-24)17-34-14-13-25-20(16-34)15-31-26(33-25)19-5-9-21(10-6-19)27(28,29)30/h2-12,15H,13-14,16-17H2,1H3. The number of hydrogen-bond acceptors (Lipinski definition) is 5. The van der Waals surface area contributed by atoms with Gasteiger partial charge in [0, 0.05) is 53.8 Å². The van der Waals surface area contributed by atoms with Crippen LogP contribution < -0.4 is 0 Å². The average molecular weight is 493 g/mol. The van der Waals surface area contributed by atoms with Crippen LogP contribution in [0, 0.1) is 0 Å². The second kappa shape index (κ2) is 9.79. The Morgan fingerprint density at radius 1 is 0.914 bits per heavy atom. The van der Waals surface area contributed by atoms with Crippen molar-refractivity contribution >= 4 is 11.8 Å². The van der Waals surface area contributed by atoms with Crippen molar-refractivity contribution < 1.29 is 13.2 Å². The van der Waals surface area contributed by atoms with E-state index in [-0.39, 0.29) is 0 Å². The molecule has 2 aromatic heterocycles. The number of thioether (sulfide) groups is 1. The third-order valence-corrected chi connectivity index (χ3v) is 6.81. The van der Waals surface area contributed by atoms with Gasteiger partial charge in [-0.1, -0.05) is 30.3 Å². The molecule has 1 aliphatic rings. The maximum Gasteiger partial charge on any atom is 0.416 e. The summed E-state index contributed by atoms with van der Waals surface area (Å²) in [4.78, 5) is 17.5. The molecule has 5 rings (SSSR count). The van der Waals surface area contributed by atoms with Gasteiger partial charge in [-0.25, -0.2) is 9.97 Å². The normalized spacial score (nSPS) is 14.1. The first-order chi connectivity index (χ1) is 16.9. The lowest BCUT2D eigenvalue weighted by Gasteiger charge is -2.27. The summed E-state index contributed by atoms with van der Waals surface area (Å²) in [5.41, 5.74) is 4.94. The number of fused-ring (bicyclic) bond motifs is 1. The van der Waals surface area contributed by atoms with Crippen molar-refractivity contribution in [3.05, 3.63) is 95.4 Å². The molecular formula is C27H23F3N4S. The molecule has 0 atom stereocenters. The summed E-state index contributed by atoms with van der Waals surface area (Å²) in [6, 6.07) is 19.5. The molecule has 2 aromatic carbocycles. The molecule has 0 N–H and O–H groups in total. The minimum atomic E-state index is -4.36. The summed E-state index contributed by atoms with van der Waals surface area (Å²) in [5.74, 6) is 0.452. The van der Waals surface area contributed by atoms with Crippen molar-refractivity contribution in [1.82, 2.24) is 19.9 Å². The van der Waals surface area contributed by atoms with Crippen molar-refractivity contribution in [2.75, 3.05) is 12.8 Å². The van der Waals surface area contributed by atoms with E-state index in [0.29, 0.717) is 17.9 Å². The topological polar surface area (TPSA) is 41.9 Å². The molecule has 4 aromatic rings. The van der Waals surface area contributed by atoms with Crippen LogP contribution >= 0.6 is 11.8 Å². The van der Waals surface area contributed by atoms with Gasteiger partial charge in [-0.3, -0.25) is 9.88 Å². The van der Waals surface area contributed by atoms with Crippen LogP contribution in [-0.4, -0.2) is 32.7 Å². The lowest BCUT2D eigenvalue weighted by Crippen LogP contribution is -2.31. The summed E-state index contributed by atoms with van der Waals surface area (Å²) in [5, 5.41) is 0. The zero-order valence-electron chi connectivity index (χ0n) is 19.1. The lowest BCUT2D eigenvalue weighted by atomic mass is 10.1. The number of rotatable bonds is 5. The Morgan fingerprint density at radius 3 is 2.37 bits per heavy atom. The molecule has 1 aliphatic heterocycles. The molecule has 0 aliphatic carbocycles. The molecule has 35 heavy (non-hydrogen) atoms. The average Bonchev–Trinajstić information content (AvgIpc) is 2.88. The third-order valence-electron chi connectivity index (χ3n) is 6.06. The van der Waals surface area contributed by atoms with Crippen molar-refractivity contribution in [2.24, 2.45) is 0 Å². The molecule has 0 saturated carbocycles. The smallest absolute Gasteiger partial charge is 0.293 e. The van der Waals surface area contributed by atoms with E-state index < -0.39 is 11.7 Å². The van der Waals surface area contributed by atoms with E-state index in [1.807, 2.05) is 18.2 Å². The zero-order valence-corrected chi connectivity index (χ0v) is 19.9. The number of pyridine rings is 1. The molecule has 0 fully saturated rings. The minimum Gasteiger partial charge on any atom is -0.293 e. The van der Waals surface area contributed by atoms with Gasteiger partial charge in [0.05, 0.1) is 22.6 Å². The van der Waals surface area contributed by atoms with Gasteiger partial charge in [-0.2, -0.15) is 13.2 Å². The highest BCUT2D eigenvalue weighted by atomic mass is 32.2. The molecule has 178 valence electrons. The van der Waals surface area contributed by atoms with Gasteiger partial charge in [0.1, 0.15) is 0 Å². The molecule has 0 spiro atoms. The summed E-state index contributed by atoms with van der Waals surface area (Å²) < 4.78 is 38.5. The largest absolute Gasteiger partial charge is 0.416 e. The first kappa shape index (κ1) is 23.5. The van der Waals surface area contributed by atoms with E-state index in [0.717, 1.165) is 59.9 Å². The molecule has 0 saturated heterocycles. The number of hydrogen-bond donors (Lipinski definition) is 0. The molecule has 4 nitrogen and oxygen atoms in total. The number of benzene rings is 2. The SMILES string of the molecule is CSc1ccc(-c2cccc(CN3CCc4nc(-c5ccc(C(F)(F)F)cc5)ncc4C3)n2)cc1. The van der Waals surface area contributed by atoms with Crippen LogP contribution in [0.25, 0.3) is 22.6 Å². The molecule has 8 heteroatoms. The van der Waals surface area contributed by atoms with E-state index in [4.69, 9.17) is 4.98 Å². The Hall–Kier alpha value is -3.23. The Balaban J connectivity index is 1.28. The van der Waals surface area contributed by atoms with Crippen LogP contribution in [0.3, 0.4) is 0 Å². The number of alkyl halides is 3. The maximum absolute atomic E-state index is 12.8. The Morgan fingerprint density at radius 2 is 1.66 bits per heavy atom. The van der Waals surface area contributed by atoms with E-state index in [2.05, 4.69) is 45.4 Å². The van der Waals surface area contributed by atoms with Crippen molar-refractivity contribution in [3.8, 4) is 22.6 Å². The predicted molar refractivity (Wildman–Crippen MR) is 132 cm³/mol. The predicted octanol–water partition coefficient (Wildman–Crippen LogP) is 6.50. The number of nitrogens with zero attached hydrogens (tertiary/aromatic N) is 4. The van der Waals surface area contributed by atoms with Crippen LogP contribution in [0.1, 0.15) is 22.5 Å². The monoisotopic (exact) mass is 492 g/mol. The first-order valence-corrected chi connectivity index (χ1v) is 12.5. The zero-order chi connectivity index (χ0) is 24.4. The highest BCUT2D eigenvalue weighted by molar-refractivity contribution is 7.98. The van der Waals surface area contributed by atoms with Gasteiger partial charge in [-0.05, 0) is 42.7 Å². The van der Waals surface area contributed by atoms with Gasteiger partial charge in [0.15, 0.2) is 5.82 Å². The summed E-state index contributed by atoms with van der Waals surface area (Å²) >= 11 is 1.72. The molecule has 0 bridgehead atoms. The van der Waals surface area contributed by atoms with Crippen molar-refractivity contribution in [2.45, 2.75) is 30.6 Å². The third kappa shape index (κ3) is 5.39. The summed E-state index contributed by atoms with van der Waals surface area (Å²) in [7, 11) is 0. The van der Waals surface area contributed by atoms with Crippen molar-refractivity contribution in [3.63, 3.8) is 0 Å². The summed E-state index contributed by atoms with van der Waals surface area (Å²) in [6.07, 6.45) is 0.247. The van der Waals surface area contributed by atoms with Crippen molar-refractivity contribution in [1.29, 1.82) is 0 Å². The fourth-order valence-electron chi connectivity index (χ4n) is 4.18. The van der Waals surface area contributed by atoms with Crippen LogP contribution in [0.2, 0.25) is 0 Å². The summed E-state index contributed by atoms with van der Waals surface area (Å²) in [6.45, 7) is 2.25. The quantitative estimate of drug-likeness (QED) is 0.297. The van der Waals surface area contributed by atoms with E-state index in [1.54, 1.807) is 18.0 Å². The second-order valence-corrected chi connectivity index (χ2v) is 9.32. The molecule has 0 amide bonds. The molecule has 0 radical (unpaired) electrons. The van der Waals surface area contributed by atoms with Gasteiger partial charge < -0.3 is 0 Å². The van der Waals surface area contributed by atoms with Crippen LogP contribution in [0.5, 0.6) is 0 Å².